The largest absolute Gasteiger partial charge is 0.346 e. The van der Waals surface area contributed by atoms with Gasteiger partial charge in [0.1, 0.15) is 16.9 Å². The Kier molecular flexibility index (Phi) is 5.42. The first-order valence-corrected chi connectivity index (χ1v) is 12.3. The maximum Gasteiger partial charge on any atom is 0.158 e. The maximum absolute atomic E-state index is 11.4. The topological polar surface area (TPSA) is 66.3 Å². The van der Waals surface area contributed by atoms with E-state index < -0.39 is 0 Å². The summed E-state index contributed by atoms with van der Waals surface area (Å²) in [6.07, 6.45) is 5.98. The van der Waals surface area contributed by atoms with E-state index in [0.717, 1.165) is 31.6 Å². The number of nitrogens with one attached hydrogen (secondary N) is 1. The number of carbonyl (C=O) groups is 1. The molecule has 0 aromatic carbocycles. The summed E-state index contributed by atoms with van der Waals surface area (Å²) in [5.41, 5.74) is 7.14. The molecule has 0 amide bonds. The predicted molar refractivity (Wildman–Crippen MR) is 131 cm³/mol. The molecule has 0 atom stereocenters. The highest BCUT2D eigenvalue weighted by Crippen LogP contribution is 2.43. The Hall–Kier alpha value is -2.51. The van der Waals surface area contributed by atoms with Crippen LogP contribution >= 0.6 is 11.3 Å². The fourth-order valence-electron chi connectivity index (χ4n) is 5.18. The van der Waals surface area contributed by atoms with Gasteiger partial charge in [-0.2, -0.15) is 5.10 Å². The molecular formula is C25H31N5OS. The molecule has 4 aromatic heterocycles. The molecule has 5 heterocycles. The Morgan fingerprint density at radius 1 is 1.25 bits per heavy atom. The summed E-state index contributed by atoms with van der Waals surface area (Å²) < 4.78 is 1.89. The smallest absolute Gasteiger partial charge is 0.158 e. The molecule has 4 aromatic rings. The summed E-state index contributed by atoms with van der Waals surface area (Å²) in [6, 6.07) is 2.43. The van der Waals surface area contributed by atoms with Gasteiger partial charge in [0.05, 0.1) is 12.2 Å². The van der Waals surface area contributed by atoms with Gasteiger partial charge in [-0.05, 0) is 81.3 Å². The van der Waals surface area contributed by atoms with Gasteiger partial charge in [-0.3, -0.25) is 9.69 Å². The van der Waals surface area contributed by atoms with Crippen molar-refractivity contribution >= 4 is 33.0 Å². The van der Waals surface area contributed by atoms with E-state index in [2.05, 4.69) is 59.9 Å². The van der Waals surface area contributed by atoms with Gasteiger partial charge < -0.3 is 4.98 Å². The zero-order valence-corrected chi connectivity index (χ0v) is 20.3. The number of aromatic amines is 1. The van der Waals surface area contributed by atoms with Gasteiger partial charge in [-0.25, -0.2) is 9.50 Å². The minimum Gasteiger partial charge on any atom is -0.346 e. The molecule has 0 spiro atoms. The van der Waals surface area contributed by atoms with E-state index in [4.69, 9.17) is 0 Å². The van der Waals surface area contributed by atoms with Gasteiger partial charge in [-0.15, -0.1) is 11.3 Å². The number of hydrogen-bond acceptors (Lipinski definition) is 5. The Balaban J connectivity index is 1.52. The lowest BCUT2D eigenvalue weighted by molar-refractivity contribution is -0.118. The number of Topliss-reactive ketones (excluding diaryl/α,β-unsaturated/α-hetero) is 1. The van der Waals surface area contributed by atoms with Crippen LogP contribution in [0.25, 0.3) is 27.1 Å². The average Bonchev–Trinajstić information content (AvgIpc) is 3.44. The van der Waals surface area contributed by atoms with Crippen molar-refractivity contribution in [1.29, 1.82) is 0 Å². The molecule has 1 aliphatic rings. The Labute approximate surface area is 192 Å². The minimum absolute atomic E-state index is 0.261. The van der Waals surface area contributed by atoms with Crippen LogP contribution in [0, 0.1) is 13.8 Å². The van der Waals surface area contributed by atoms with Gasteiger partial charge in [0.15, 0.2) is 5.65 Å². The van der Waals surface area contributed by atoms with Crippen LogP contribution in [0.5, 0.6) is 0 Å². The molecule has 1 N–H and O–H groups in total. The van der Waals surface area contributed by atoms with Crippen LogP contribution in [0.2, 0.25) is 0 Å². The molecule has 0 radical (unpaired) electrons. The van der Waals surface area contributed by atoms with Crippen LogP contribution in [0.3, 0.4) is 0 Å². The SMILES string of the molecule is CC(=O)CN1CCC(c2cc3c(C(C)C)c(-c4cn5ncnc5c(C)c4C)[nH]c3s2)CC1. The molecule has 0 unspecified atom stereocenters. The van der Waals surface area contributed by atoms with Crippen LogP contribution in [-0.4, -0.2) is 49.9 Å². The number of H-pyrrole nitrogens is 1. The van der Waals surface area contributed by atoms with E-state index in [0.29, 0.717) is 18.4 Å². The van der Waals surface area contributed by atoms with E-state index in [1.165, 1.54) is 43.0 Å². The van der Waals surface area contributed by atoms with Gasteiger partial charge in [0.2, 0.25) is 0 Å². The molecule has 32 heavy (non-hydrogen) atoms. The standard InChI is InChI=1S/C25H31N5OS/c1-14(2)22-19-10-21(18-6-8-29(9-7-18)11-15(3)31)32-25(19)28-23(22)20-12-30-24(26-13-27-30)17(5)16(20)4/h10,12-14,18,28H,6-9,11H2,1-5H3. The zero-order valence-electron chi connectivity index (χ0n) is 19.5. The molecule has 0 saturated carbocycles. The number of pyridine rings is 1. The lowest BCUT2D eigenvalue weighted by atomic mass is 9.92. The highest BCUT2D eigenvalue weighted by Gasteiger charge is 2.26. The third kappa shape index (κ3) is 3.57. The van der Waals surface area contributed by atoms with E-state index in [9.17, 15) is 4.79 Å². The fourth-order valence-corrected chi connectivity index (χ4v) is 6.42. The first-order chi connectivity index (χ1) is 15.3. The van der Waals surface area contributed by atoms with Crippen molar-refractivity contribution in [2.45, 2.75) is 59.3 Å². The Bertz CT molecular complexity index is 1300. The molecule has 5 rings (SSSR count). The normalized spacial score (nSPS) is 16.1. The number of aromatic nitrogens is 4. The second-order valence-electron chi connectivity index (χ2n) is 9.53. The number of fused-ring (bicyclic) bond motifs is 2. The lowest BCUT2D eigenvalue weighted by Gasteiger charge is -2.30. The van der Waals surface area contributed by atoms with Crippen molar-refractivity contribution in [2.75, 3.05) is 19.6 Å². The molecule has 1 aliphatic heterocycles. The van der Waals surface area contributed by atoms with Crippen LogP contribution in [0.1, 0.15) is 67.0 Å². The van der Waals surface area contributed by atoms with Crippen molar-refractivity contribution < 1.29 is 4.79 Å². The van der Waals surface area contributed by atoms with E-state index in [-0.39, 0.29) is 5.78 Å². The summed E-state index contributed by atoms with van der Waals surface area (Å²) in [4.78, 5) is 24.7. The third-order valence-electron chi connectivity index (χ3n) is 6.96. The number of carbonyl (C=O) groups excluding carboxylic acids is 1. The number of aryl methyl sites for hydroxylation is 1. The molecule has 7 heteroatoms. The van der Waals surface area contributed by atoms with Crippen LogP contribution in [-0.2, 0) is 4.79 Å². The second kappa shape index (κ2) is 8.12. The zero-order chi connectivity index (χ0) is 22.6. The van der Waals surface area contributed by atoms with Crippen molar-refractivity contribution in [1.82, 2.24) is 24.5 Å². The molecule has 1 fully saturated rings. The summed E-state index contributed by atoms with van der Waals surface area (Å²) in [5.74, 6) is 1.25. The fraction of sp³-hybridized carbons (Fsp3) is 0.480. The highest BCUT2D eigenvalue weighted by atomic mass is 32.1. The first kappa shape index (κ1) is 21.3. The number of ketones is 1. The number of rotatable bonds is 5. The Morgan fingerprint density at radius 3 is 2.69 bits per heavy atom. The quantitative estimate of drug-likeness (QED) is 0.440. The molecule has 6 nitrogen and oxygen atoms in total. The van der Waals surface area contributed by atoms with Crippen molar-refractivity contribution in [3.8, 4) is 11.3 Å². The molecule has 0 aliphatic carbocycles. The van der Waals surface area contributed by atoms with Gasteiger partial charge >= 0.3 is 0 Å². The monoisotopic (exact) mass is 449 g/mol. The first-order valence-electron chi connectivity index (χ1n) is 11.5. The highest BCUT2D eigenvalue weighted by molar-refractivity contribution is 7.18. The summed E-state index contributed by atoms with van der Waals surface area (Å²) >= 11 is 1.91. The molecule has 0 bridgehead atoms. The summed E-state index contributed by atoms with van der Waals surface area (Å²) in [7, 11) is 0. The average molecular weight is 450 g/mol. The number of nitrogens with zero attached hydrogens (tertiary/aromatic N) is 4. The van der Waals surface area contributed by atoms with Gasteiger partial charge in [0.25, 0.3) is 0 Å². The molecular weight excluding hydrogens is 418 g/mol. The number of thiophene rings is 1. The second-order valence-corrected chi connectivity index (χ2v) is 10.6. The molecule has 1 saturated heterocycles. The van der Waals surface area contributed by atoms with E-state index in [1.807, 2.05) is 15.9 Å². The maximum atomic E-state index is 11.4. The third-order valence-corrected chi connectivity index (χ3v) is 8.17. The Morgan fingerprint density at radius 2 is 2.00 bits per heavy atom. The van der Waals surface area contributed by atoms with Crippen LogP contribution in [0.15, 0.2) is 18.6 Å². The lowest BCUT2D eigenvalue weighted by Crippen LogP contribution is -2.35. The van der Waals surface area contributed by atoms with Gasteiger partial charge in [-0.1, -0.05) is 13.8 Å². The predicted octanol–water partition coefficient (Wildman–Crippen LogP) is 5.45. The number of likely N-dealkylation sites (tertiary alicyclic amines) is 1. The van der Waals surface area contributed by atoms with Crippen LogP contribution in [0.4, 0.5) is 0 Å². The van der Waals surface area contributed by atoms with Crippen LogP contribution < -0.4 is 0 Å². The molecule has 168 valence electrons. The van der Waals surface area contributed by atoms with Crippen molar-refractivity contribution in [2.24, 2.45) is 0 Å². The summed E-state index contributed by atoms with van der Waals surface area (Å²) in [5, 5.41) is 5.75. The van der Waals surface area contributed by atoms with E-state index in [1.54, 1.807) is 13.3 Å². The minimum atomic E-state index is 0.261. The number of piperidine rings is 1. The van der Waals surface area contributed by atoms with Crippen molar-refractivity contribution in [3.63, 3.8) is 0 Å². The summed E-state index contributed by atoms with van der Waals surface area (Å²) in [6.45, 7) is 13.2. The van der Waals surface area contributed by atoms with E-state index >= 15 is 0 Å². The van der Waals surface area contributed by atoms with Crippen molar-refractivity contribution in [3.05, 3.63) is 40.2 Å². The van der Waals surface area contributed by atoms with Gasteiger partial charge in [0, 0.05) is 22.0 Å². The number of hydrogen-bond donors (Lipinski definition) is 1.